The lowest BCUT2D eigenvalue weighted by Gasteiger charge is -2.35. The smallest absolute Gasteiger partial charge is 0.313 e. The van der Waals surface area contributed by atoms with Gasteiger partial charge in [0, 0.05) is 37.7 Å². The number of nitrogens with zero attached hydrogens (tertiary/aromatic N) is 1. The number of carboxylic acid groups (broad SMARTS) is 1. The van der Waals surface area contributed by atoms with E-state index in [1.165, 1.54) is 0 Å². The van der Waals surface area contributed by atoms with E-state index in [0.717, 1.165) is 10.5 Å². The van der Waals surface area contributed by atoms with Gasteiger partial charge < -0.3 is 25.4 Å². The number of alkyl halides is 1. The molecule has 0 saturated carbocycles. The average Bonchev–Trinajstić information content (AvgIpc) is 2.95. The van der Waals surface area contributed by atoms with E-state index >= 15 is 4.39 Å². The number of likely N-dealkylation sites (tertiary alicyclic amines) is 1. The van der Waals surface area contributed by atoms with Crippen LogP contribution in [0.25, 0.3) is 0 Å². The van der Waals surface area contributed by atoms with Gasteiger partial charge in [0.1, 0.15) is 12.6 Å². The summed E-state index contributed by atoms with van der Waals surface area (Å²) in [6, 6.07) is 4.83. The highest BCUT2D eigenvalue weighted by molar-refractivity contribution is 6.39. The Morgan fingerprint density at radius 3 is 2.11 bits per heavy atom. The van der Waals surface area contributed by atoms with Crippen molar-refractivity contribution in [3.63, 3.8) is 0 Å². The molecule has 0 radical (unpaired) electrons. The van der Waals surface area contributed by atoms with Crippen LogP contribution in [0.15, 0.2) is 30.3 Å². The lowest BCUT2D eigenvalue weighted by Crippen LogP contribution is -2.56. The third kappa shape index (κ3) is 7.88. The molecular formula is C29H30F5N3O7. The van der Waals surface area contributed by atoms with Crippen molar-refractivity contribution in [3.8, 4) is 5.75 Å². The number of rotatable bonds is 9. The molecule has 0 aliphatic carbocycles. The summed E-state index contributed by atoms with van der Waals surface area (Å²) in [7, 11) is 0. The number of para-hydroxylation sites is 1. The van der Waals surface area contributed by atoms with E-state index in [-0.39, 0.29) is 24.6 Å². The predicted octanol–water partition coefficient (Wildman–Crippen LogP) is 3.42. The summed E-state index contributed by atoms with van der Waals surface area (Å²) < 4.78 is 74.6. The van der Waals surface area contributed by atoms with E-state index in [4.69, 9.17) is 5.11 Å². The molecule has 1 saturated heterocycles. The quantitative estimate of drug-likeness (QED) is 0.220. The molecule has 2 aromatic carbocycles. The first kappa shape index (κ1) is 33.9. The summed E-state index contributed by atoms with van der Waals surface area (Å²) in [6.07, 6.45) is -2.31. The number of ether oxygens (including phenoxy) is 1. The molecule has 15 heteroatoms. The molecule has 238 valence electrons. The highest BCUT2D eigenvalue weighted by atomic mass is 19.2. The van der Waals surface area contributed by atoms with E-state index in [0.29, 0.717) is 5.69 Å². The first-order valence-electron chi connectivity index (χ1n) is 13.3. The van der Waals surface area contributed by atoms with Crippen LogP contribution in [0.4, 0.5) is 27.6 Å². The van der Waals surface area contributed by atoms with Gasteiger partial charge in [0.15, 0.2) is 28.8 Å². The molecule has 1 aliphatic heterocycles. The van der Waals surface area contributed by atoms with Gasteiger partial charge in [0.2, 0.25) is 11.6 Å². The number of hydrogen-bond acceptors (Lipinski definition) is 6. The Morgan fingerprint density at radius 2 is 1.57 bits per heavy atom. The summed E-state index contributed by atoms with van der Waals surface area (Å²) in [4.78, 5) is 63.1. The van der Waals surface area contributed by atoms with Gasteiger partial charge >= 0.3 is 17.8 Å². The second-order valence-electron chi connectivity index (χ2n) is 11.2. The molecular weight excluding hydrogens is 597 g/mol. The number of aliphatic carboxylic acids is 1. The molecule has 3 amide bonds. The van der Waals surface area contributed by atoms with Crippen LogP contribution in [0.1, 0.15) is 45.6 Å². The molecule has 1 heterocycles. The second kappa shape index (κ2) is 13.4. The van der Waals surface area contributed by atoms with Gasteiger partial charge in [-0.3, -0.25) is 24.0 Å². The van der Waals surface area contributed by atoms with Crippen molar-refractivity contribution in [1.29, 1.82) is 0 Å². The fourth-order valence-electron chi connectivity index (χ4n) is 4.49. The van der Waals surface area contributed by atoms with Gasteiger partial charge in [-0.1, -0.05) is 39.0 Å². The minimum absolute atomic E-state index is 0.0924. The highest BCUT2D eigenvalue weighted by Crippen LogP contribution is 2.31. The average molecular weight is 628 g/mol. The zero-order chi connectivity index (χ0) is 33.0. The van der Waals surface area contributed by atoms with Crippen molar-refractivity contribution in [3.05, 3.63) is 59.2 Å². The molecule has 0 spiro atoms. The lowest BCUT2D eigenvalue weighted by atomic mass is 9.86. The molecule has 0 aromatic heterocycles. The monoisotopic (exact) mass is 627 g/mol. The van der Waals surface area contributed by atoms with Gasteiger partial charge in [-0.25, -0.2) is 13.2 Å². The number of carboxylic acids is 1. The Morgan fingerprint density at radius 1 is 1.00 bits per heavy atom. The Hall–Kier alpha value is -4.56. The van der Waals surface area contributed by atoms with Crippen LogP contribution in [-0.2, 0) is 29.4 Å². The largest absolute Gasteiger partial charge is 0.481 e. The number of anilines is 1. The van der Waals surface area contributed by atoms with E-state index < -0.39 is 96.1 Å². The Balaban J connectivity index is 1.63. The van der Waals surface area contributed by atoms with Gasteiger partial charge in [-0.15, -0.1) is 0 Å². The maximum Gasteiger partial charge on any atom is 0.313 e. The van der Waals surface area contributed by atoms with Crippen molar-refractivity contribution >= 4 is 35.2 Å². The number of amides is 3. The molecule has 1 fully saturated rings. The molecule has 10 nitrogen and oxygen atoms in total. The van der Waals surface area contributed by atoms with E-state index in [1.807, 2.05) is 26.1 Å². The number of benzene rings is 2. The molecule has 3 rings (SSSR count). The standard InChI is InChI=1S/C29H30F5N3O7/c1-28(2,3)15-6-4-5-7-18(15)35-25(41)26(42)37-10-8-29(34,9-11-37)27(43)36-19(13-21(39)40)20(38)14-44-24-22(32)16(30)12-17(31)23(24)33/h4-7,12,19H,8-11,13-14H2,1-3H3,(H,35,41)(H,36,43)(H,39,40)/t19-/m0/s1. The van der Waals surface area contributed by atoms with Gasteiger partial charge in [0.25, 0.3) is 5.91 Å². The number of hydrogen-bond donors (Lipinski definition) is 3. The number of nitrogens with one attached hydrogen (secondary N) is 2. The first-order valence-corrected chi connectivity index (χ1v) is 13.3. The third-order valence-corrected chi connectivity index (χ3v) is 6.93. The van der Waals surface area contributed by atoms with Crippen LogP contribution < -0.4 is 15.4 Å². The molecule has 44 heavy (non-hydrogen) atoms. The molecule has 0 bridgehead atoms. The van der Waals surface area contributed by atoms with E-state index in [2.05, 4.69) is 10.1 Å². The molecule has 3 N–H and O–H groups in total. The summed E-state index contributed by atoms with van der Waals surface area (Å²) in [5.74, 6) is -15.4. The van der Waals surface area contributed by atoms with Crippen molar-refractivity contribution in [1.82, 2.24) is 10.2 Å². The fraction of sp³-hybridized carbons (Fsp3) is 0.414. The van der Waals surface area contributed by atoms with Gasteiger partial charge in [-0.2, -0.15) is 8.78 Å². The number of ketones is 1. The zero-order valence-corrected chi connectivity index (χ0v) is 23.9. The van der Waals surface area contributed by atoms with Gasteiger partial charge in [-0.05, 0) is 17.0 Å². The lowest BCUT2D eigenvalue weighted by molar-refractivity contribution is -0.148. The normalized spacial score (nSPS) is 15.2. The van der Waals surface area contributed by atoms with Crippen LogP contribution >= 0.6 is 0 Å². The van der Waals surface area contributed by atoms with Crippen LogP contribution in [-0.4, -0.2) is 70.9 Å². The summed E-state index contributed by atoms with van der Waals surface area (Å²) >= 11 is 0. The van der Waals surface area contributed by atoms with E-state index in [1.54, 1.807) is 24.3 Å². The zero-order valence-electron chi connectivity index (χ0n) is 23.9. The number of carbonyl (C=O) groups is 5. The van der Waals surface area contributed by atoms with Crippen molar-refractivity contribution < 1.29 is 55.8 Å². The topological polar surface area (TPSA) is 142 Å². The maximum atomic E-state index is 15.6. The van der Waals surface area contributed by atoms with Crippen LogP contribution in [0.3, 0.4) is 0 Å². The van der Waals surface area contributed by atoms with Crippen molar-refractivity contribution in [2.45, 2.75) is 57.2 Å². The first-order chi connectivity index (χ1) is 20.4. The summed E-state index contributed by atoms with van der Waals surface area (Å²) in [6.45, 7) is 3.68. The minimum Gasteiger partial charge on any atom is -0.481 e. The van der Waals surface area contributed by atoms with Crippen molar-refractivity contribution in [2.75, 3.05) is 25.0 Å². The van der Waals surface area contributed by atoms with Gasteiger partial charge in [0.05, 0.1) is 6.42 Å². The Bertz CT molecular complexity index is 1440. The van der Waals surface area contributed by atoms with Crippen LogP contribution in [0, 0.1) is 23.3 Å². The SMILES string of the molecule is CC(C)(C)c1ccccc1NC(=O)C(=O)N1CCC(F)(C(=O)N[C@@H](CC(=O)O)C(=O)COc2c(F)c(F)cc(F)c2F)CC1. The maximum absolute atomic E-state index is 15.6. The Kier molecular flexibility index (Phi) is 10.3. The highest BCUT2D eigenvalue weighted by Gasteiger charge is 2.45. The van der Waals surface area contributed by atoms with Crippen LogP contribution in [0.2, 0.25) is 0 Å². The summed E-state index contributed by atoms with van der Waals surface area (Å²) in [5.41, 5.74) is -1.85. The fourth-order valence-corrected chi connectivity index (χ4v) is 4.49. The number of halogens is 5. The summed E-state index contributed by atoms with van der Waals surface area (Å²) in [5, 5.41) is 13.6. The Labute approximate surface area is 248 Å². The number of piperidine rings is 1. The van der Waals surface area contributed by atoms with Crippen LogP contribution in [0.5, 0.6) is 5.75 Å². The van der Waals surface area contributed by atoms with Crippen molar-refractivity contribution in [2.24, 2.45) is 0 Å². The number of carbonyl (C=O) groups excluding carboxylic acids is 4. The number of Topliss-reactive ketones (excluding diaryl/α,β-unsaturated/α-hetero) is 1. The van der Waals surface area contributed by atoms with E-state index in [9.17, 15) is 41.5 Å². The minimum atomic E-state index is -2.69. The third-order valence-electron chi connectivity index (χ3n) is 6.93. The molecule has 2 aromatic rings. The molecule has 1 atom stereocenters. The second-order valence-corrected chi connectivity index (χ2v) is 11.2. The predicted molar refractivity (Wildman–Crippen MR) is 144 cm³/mol. The molecule has 1 aliphatic rings. The molecule has 0 unspecified atom stereocenters.